The molecule has 3 heterocycles. The third-order valence-electron chi connectivity index (χ3n) is 4.81. The van der Waals surface area contributed by atoms with Crippen molar-refractivity contribution < 1.29 is 13.9 Å². The average Bonchev–Trinajstić information content (AvgIpc) is 3.30. The molecule has 5 nitrogen and oxygen atoms in total. The molecule has 0 bridgehead atoms. The molecule has 6 heteroatoms. The Morgan fingerprint density at radius 3 is 2.71 bits per heavy atom. The minimum absolute atomic E-state index is 0.158. The highest BCUT2D eigenvalue weighted by atomic mass is 19.1. The summed E-state index contributed by atoms with van der Waals surface area (Å²) >= 11 is 0. The van der Waals surface area contributed by atoms with E-state index in [2.05, 4.69) is 11.1 Å². The first-order valence-electron chi connectivity index (χ1n) is 8.64. The zero-order chi connectivity index (χ0) is 19.3. The van der Waals surface area contributed by atoms with Crippen LogP contribution < -0.4 is 4.74 Å². The first-order chi connectivity index (χ1) is 13.7. The van der Waals surface area contributed by atoms with Crippen LogP contribution in [0.5, 0.6) is 5.75 Å². The van der Waals surface area contributed by atoms with Gasteiger partial charge in [0.05, 0.1) is 16.8 Å². The number of para-hydroxylation sites is 1. The lowest BCUT2D eigenvalue weighted by Gasteiger charge is -2.13. The number of hydrogen-bond donors (Lipinski definition) is 0. The number of nitrogens with zero attached hydrogens (tertiary/aromatic N) is 3. The number of hydrogen-bond acceptors (Lipinski definition) is 4. The molecule has 0 aliphatic carbocycles. The molecule has 4 aromatic rings. The Balaban J connectivity index is 1.71. The van der Waals surface area contributed by atoms with Crippen LogP contribution in [0, 0.1) is 17.1 Å². The molecule has 1 aliphatic heterocycles. The first-order valence-corrected chi connectivity index (χ1v) is 8.64. The average molecular weight is 369 g/mol. The Kier molecular flexibility index (Phi) is 3.49. The van der Waals surface area contributed by atoms with Gasteiger partial charge in [-0.1, -0.05) is 18.2 Å². The van der Waals surface area contributed by atoms with Gasteiger partial charge in [0.2, 0.25) is 0 Å². The number of rotatable bonds is 3. The van der Waals surface area contributed by atoms with Gasteiger partial charge in [0.15, 0.2) is 0 Å². The predicted octanol–water partition coefficient (Wildman–Crippen LogP) is 4.29. The summed E-state index contributed by atoms with van der Waals surface area (Å²) in [6.07, 6.45) is 1.68. The number of nitriles is 1. The molecule has 134 valence electrons. The maximum Gasteiger partial charge on any atom is 0.268 e. The van der Waals surface area contributed by atoms with Gasteiger partial charge in [-0.3, -0.25) is 9.36 Å². The molecule has 0 N–H and O–H groups in total. The normalized spacial score (nSPS) is 11.9. The van der Waals surface area contributed by atoms with E-state index in [1.807, 2.05) is 0 Å². The van der Waals surface area contributed by atoms with Crippen molar-refractivity contribution in [2.75, 3.05) is 0 Å². The number of aromatic nitrogens is 2. The lowest BCUT2D eigenvalue weighted by Crippen LogP contribution is -2.08. The molecule has 2 aromatic carbocycles. The van der Waals surface area contributed by atoms with E-state index >= 15 is 0 Å². The third kappa shape index (κ3) is 2.30. The second-order valence-corrected chi connectivity index (χ2v) is 6.46. The van der Waals surface area contributed by atoms with E-state index in [4.69, 9.17) is 4.74 Å². The number of ether oxygens (including phenoxy) is 1. The van der Waals surface area contributed by atoms with Crippen LogP contribution in [0.2, 0.25) is 0 Å². The lowest BCUT2D eigenvalue weighted by atomic mass is 10.0. The summed E-state index contributed by atoms with van der Waals surface area (Å²) < 4.78 is 20.7. The van der Waals surface area contributed by atoms with Crippen LogP contribution in [-0.4, -0.2) is 15.5 Å². The Labute approximate surface area is 159 Å². The summed E-state index contributed by atoms with van der Waals surface area (Å²) in [5, 5.41) is 10.1. The van der Waals surface area contributed by atoms with Crippen LogP contribution in [0.4, 0.5) is 4.39 Å². The monoisotopic (exact) mass is 369 g/mol. The summed E-state index contributed by atoms with van der Waals surface area (Å²) in [5.74, 6) is -0.164. The summed E-state index contributed by atoms with van der Waals surface area (Å²) in [5.41, 5.74) is 3.20. The van der Waals surface area contributed by atoms with E-state index in [-0.39, 0.29) is 18.3 Å². The maximum atomic E-state index is 13.2. The summed E-state index contributed by atoms with van der Waals surface area (Å²) in [4.78, 5) is 17.6. The Hall–Kier alpha value is -3.98. The van der Waals surface area contributed by atoms with Crippen molar-refractivity contribution in [3.63, 3.8) is 0 Å². The van der Waals surface area contributed by atoms with Gasteiger partial charge < -0.3 is 4.74 Å². The summed E-state index contributed by atoms with van der Waals surface area (Å²) in [6, 6.07) is 16.9. The predicted molar refractivity (Wildman–Crippen MR) is 100 cm³/mol. The Morgan fingerprint density at radius 1 is 1.11 bits per heavy atom. The van der Waals surface area contributed by atoms with E-state index < -0.39 is 0 Å². The fourth-order valence-electron chi connectivity index (χ4n) is 3.49. The number of pyridine rings is 1. The van der Waals surface area contributed by atoms with Gasteiger partial charge in [0.1, 0.15) is 35.5 Å². The Morgan fingerprint density at radius 2 is 1.93 bits per heavy atom. The van der Waals surface area contributed by atoms with Crippen molar-refractivity contribution in [2.45, 2.75) is 6.61 Å². The van der Waals surface area contributed by atoms with Crippen molar-refractivity contribution in [2.24, 2.45) is 0 Å². The van der Waals surface area contributed by atoms with E-state index in [0.29, 0.717) is 39.2 Å². The molecule has 0 atom stereocenters. The molecule has 0 unspecified atom stereocenters. The van der Waals surface area contributed by atoms with E-state index in [9.17, 15) is 14.4 Å². The van der Waals surface area contributed by atoms with Gasteiger partial charge in [-0.25, -0.2) is 9.37 Å². The molecule has 1 aliphatic rings. The highest BCUT2D eigenvalue weighted by molar-refractivity contribution is 6.14. The molecule has 28 heavy (non-hydrogen) atoms. The van der Waals surface area contributed by atoms with Crippen LogP contribution >= 0.6 is 0 Å². The van der Waals surface area contributed by atoms with E-state index in [1.165, 1.54) is 16.7 Å². The highest BCUT2D eigenvalue weighted by Crippen LogP contribution is 2.41. The zero-order valence-electron chi connectivity index (χ0n) is 14.5. The number of fused-ring (bicyclic) bond motifs is 4. The molecule has 5 rings (SSSR count). The van der Waals surface area contributed by atoms with Gasteiger partial charge >= 0.3 is 0 Å². The molecular formula is C22H12FN3O2. The first kappa shape index (κ1) is 16.2. The summed E-state index contributed by atoms with van der Waals surface area (Å²) in [7, 11) is 0. The van der Waals surface area contributed by atoms with Crippen molar-refractivity contribution in [3.05, 3.63) is 83.3 Å². The smallest absolute Gasteiger partial charge is 0.268 e. The van der Waals surface area contributed by atoms with Crippen molar-refractivity contribution >= 4 is 16.8 Å². The quantitative estimate of drug-likeness (QED) is 0.476. The third-order valence-corrected chi connectivity index (χ3v) is 4.81. The van der Waals surface area contributed by atoms with Gasteiger partial charge in [-0.2, -0.15) is 5.26 Å². The molecule has 0 saturated carbocycles. The standard InChI is InChI=1S/C22H12FN3O2/c23-15-8-6-13(7-9-15)12-28-21-16-4-1-3-14(11-24)19(16)25-20-17-5-2-10-26(17)22(27)18(20)21/h1-10H,12H2. The molecule has 0 saturated heterocycles. The fraction of sp³-hybridized carbons (Fsp3) is 0.0455. The van der Waals surface area contributed by atoms with Crippen LogP contribution in [0.15, 0.2) is 60.8 Å². The van der Waals surface area contributed by atoms with Gasteiger partial charge in [0.25, 0.3) is 5.91 Å². The Bertz CT molecular complexity index is 1300. The second kappa shape index (κ2) is 6.03. The van der Waals surface area contributed by atoms with Crippen molar-refractivity contribution in [1.29, 1.82) is 5.26 Å². The minimum Gasteiger partial charge on any atom is -0.487 e. The van der Waals surface area contributed by atoms with E-state index in [1.54, 1.807) is 48.7 Å². The summed E-state index contributed by atoms with van der Waals surface area (Å²) in [6.45, 7) is 0.158. The molecule has 0 spiro atoms. The molecule has 0 fully saturated rings. The van der Waals surface area contributed by atoms with Crippen LogP contribution in [0.3, 0.4) is 0 Å². The minimum atomic E-state index is -0.327. The van der Waals surface area contributed by atoms with Crippen LogP contribution in [0.25, 0.3) is 22.3 Å². The molecule has 0 amide bonds. The lowest BCUT2D eigenvalue weighted by molar-refractivity contribution is 0.0965. The number of carbonyl (C=O) groups excluding carboxylic acids is 1. The van der Waals surface area contributed by atoms with Crippen LogP contribution in [0.1, 0.15) is 21.5 Å². The number of halogens is 1. The highest BCUT2D eigenvalue weighted by Gasteiger charge is 2.33. The largest absolute Gasteiger partial charge is 0.487 e. The van der Waals surface area contributed by atoms with Gasteiger partial charge in [0, 0.05) is 11.6 Å². The molecule has 0 radical (unpaired) electrons. The number of carbonyl (C=O) groups is 1. The SMILES string of the molecule is N#Cc1cccc2c(OCc3ccc(F)cc3)c3c(nc12)-c1cccn1C3=O. The topological polar surface area (TPSA) is 67.9 Å². The second-order valence-electron chi connectivity index (χ2n) is 6.46. The fourth-order valence-corrected chi connectivity index (χ4v) is 3.49. The molecular weight excluding hydrogens is 357 g/mol. The maximum absolute atomic E-state index is 13.2. The van der Waals surface area contributed by atoms with Crippen molar-refractivity contribution in [1.82, 2.24) is 9.55 Å². The van der Waals surface area contributed by atoms with Crippen molar-refractivity contribution in [3.8, 4) is 23.2 Å². The number of benzene rings is 2. The van der Waals surface area contributed by atoms with Crippen LogP contribution in [-0.2, 0) is 6.61 Å². The van der Waals surface area contributed by atoms with Gasteiger partial charge in [-0.15, -0.1) is 0 Å². The zero-order valence-corrected chi connectivity index (χ0v) is 14.5. The van der Waals surface area contributed by atoms with Gasteiger partial charge in [-0.05, 0) is 42.0 Å². The molecule has 2 aromatic heterocycles. The van der Waals surface area contributed by atoms with E-state index in [0.717, 1.165) is 5.56 Å².